The molecule has 0 saturated carbocycles. The number of amides is 1. The molecule has 1 amide bonds. The average Bonchev–Trinajstić information content (AvgIpc) is 2.34. The predicted molar refractivity (Wildman–Crippen MR) is 84.7 cm³/mol. The Kier molecular flexibility index (Phi) is 4.33. The highest BCUT2D eigenvalue weighted by Crippen LogP contribution is 2.24. The van der Waals surface area contributed by atoms with Crippen LogP contribution in [0.3, 0.4) is 0 Å². The number of alkyl carbamates (subject to hydrolysis) is 1. The van der Waals surface area contributed by atoms with Crippen LogP contribution in [0, 0.1) is 0 Å². The van der Waals surface area contributed by atoms with Gasteiger partial charge >= 0.3 is 6.09 Å². The summed E-state index contributed by atoms with van der Waals surface area (Å²) in [4.78, 5) is 11.7. The molecule has 0 radical (unpaired) electrons. The van der Waals surface area contributed by atoms with Crippen molar-refractivity contribution in [2.24, 2.45) is 0 Å². The van der Waals surface area contributed by atoms with Crippen molar-refractivity contribution in [3.05, 3.63) is 46.4 Å². The fourth-order valence-electron chi connectivity index (χ4n) is 1.88. The lowest BCUT2D eigenvalue weighted by atomic mass is 10.1. The van der Waals surface area contributed by atoms with Gasteiger partial charge in [-0.3, -0.25) is 0 Å². The first-order valence-corrected chi connectivity index (χ1v) is 7.28. The molecule has 2 aromatic carbocycles. The molecule has 106 valence electrons. The van der Waals surface area contributed by atoms with Gasteiger partial charge in [0.1, 0.15) is 5.60 Å². The van der Waals surface area contributed by atoms with Gasteiger partial charge in [-0.05, 0) is 49.2 Å². The molecule has 0 bridgehead atoms. The molecule has 0 unspecified atom stereocenters. The zero-order valence-corrected chi connectivity index (χ0v) is 13.5. The van der Waals surface area contributed by atoms with Crippen molar-refractivity contribution in [1.82, 2.24) is 5.32 Å². The highest BCUT2D eigenvalue weighted by Gasteiger charge is 2.16. The number of fused-ring (bicyclic) bond motifs is 1. The third kappa shape index (κ3) is 3.97. The number of ether oxygens (including phenoxy) is 1. The van der Waals surface area contributed by atoms with E-state index in [1.54, 1.807) is 0 Å². The number of rotatable bonds is 2. The first-order chi connectivity index (χ1) is 9.35. The molecule has 3 nitrogen and oxygen atoms in total. The molecular formula is C16H18BrNO2. The molecule has 2 rings (SSSR count). The molecular weight excluding hydrogens is 318 g/mol. The minimum Gasteiger partial charge on any atom is -0.444 e. The maximum Gasteiger partial charge on any atom is 0.407 e. The number of hydrogen-bond acceptors (Lipinski definition) is 2. The Labute approximate surface area is 127 Å². The zero-order chi connectivity index (χ0) is 14.8. The summed E-state index contributed by atoms with van der Waals surface area (Å²) in [5.41, 5.74) is 0.541. The Morgan fingerprint density at radius 1 is 1.20 bits per heavy atom. The van der Waals surface area contributed by atoms with E-state index in [4.69, 9.17) is 4.74 Å². The molecule has 0 saturated heterocycles. The minimum absolute atomic E-state index is 0.405. The van der Waals surface area contributed by atoms with Crippen LogP contribution < -0.4 is 5.32 Å². The van der Waals surface area contributed by atoms with Gasteiger partial charge in [0.25, 0.3) is 0 Å². The zero-order valence-electron chi connectivity index (χ0n) is 11.9. The van der Waals surface area contributed by atoms with Crippen molar-refractivity contribution >= 4 is 32.8 Å². The predicted octanol–water partition coefficient (Wildman–Crippen LogP) is 4.63. The number of halogens is 1. The van der Waals surface area contributed by atoms with Gasteiger partial charge in [0.2, 0.25) is 0 Å². The summed E-state index contributed by atoms with van der Waals surface area (Å²) in [5, 5.41) is 5.09. The first kappa shape index (κ1) is 14.9. The van der Waals surface area contributed by atoms with Crippen LogP contribution in [0.5, 0.6) is 0 Å². The molecule has 2 aromatic rings. The topological polar surface area (TPSA) is 38.3 Å². The van der Waals surface area contributed by atoms with Gasteiger partial charge in [-0.25, -0.2) is 4.79 Å². The molecule has 4 heteroatoms. The number of carbonyl (C=O) groups is 1. The molecule has 0 spiro atoms. The monoisotopic (exact) mass is 335 g/mol. The molecule has 0 fully saturated rings. The van der Waals surface area contributed by atoms with E-state index >= 15 is 0 Å². The summed E-state index contributed by atoms with van der Waals surface area (Å²) >= 11 is 3.54. The van der Waals surface area contributed by atoms with Crippen molar-refractivity contribution in [3.8, 4) is 0 Å². The molecule has 0 aliphatic carbocycles. The van der Waals surface area contributed by atoms with Crippen molar-refractivity contribution < 1.29 is 9.53 Å². The third-order valence-electron chi connectivity index (χ3n) is 2.74. The van der Waals surface area contributed by atoms with Crippen molar-refractivity contribution in [2.75, 3.05) is 0 Å². The SMILES string of the molecule is CC(C)(C)OC(=O)NCc1cc2ccccc2cc1Br. The quantitative estimate of drug-likeness (QED) is 0.868. The lowest BCUT2D eigenvalue weighted by Crippen LogP contribution is -2.32. The van der Waals surface area contributed by atoms with Crippen LogP contribution in [0.25, 0.3) is 10.8 Å². The summed E-state index contributed by atoms with van der Waals surface area (Å²) in [5.74, 6) is 0. The van der Waals surface area contributed by atoms with Crippen LogP contribution in [0.15, 0.2) is 40.9 Å². The fraction of sp³-hybridized carbons (Fsp3) is 0.312. The van der Waals surface area contributed by atoms with E-state index in [0.29, 0.717) is 6.54 Å². The van der Waals surface area contributed by atoms with Crippen molar-refractivity contribution in [2.45, 2.75) is 32.9 Å². The second kappa shape index (κ2) is 5.83. The van der Waals surface area contributed by atoms with Gasteiger partial charge in [0.15, 0.2) is 0 Å². The second-order valence-electron chi connectivity index (χ2n) is 5.65. The maximum absolute atomic E-state index is 11.7. The minimum atomic E-state index is -0.481. The van der Waals surface area contributed by atoms with Crippen molar-refractivity contribution in [3.63, 3.8) is 0 Å². The maximum atomic E-state index is 11.7. The lowest BCUT2D eigenvalue weighted by molar-refractivity contribution is 0.0523. The smallest absolute Gasteiger partial charge is 0.407 e. The van der Waals surface area contributed by atoms with Crippen LogP contribution in [0.2, 0.25) is 0 Å². The van der Waals surface area contributed by atoms with Crippen LogP contribution in [0.1, 0.15) is 26.3 Å². The van der Waals surface area contributed by atoms with E-state index in [2.05, 4.69) is 45.5 Å². The Morgan fingerprint density at radius 2 is 1.80 bits per heavy atom. The summed E-state index contributed by atoms with van der Waals surface area (Å²) < 4.78 is 6.20. The van der Waals surface area contributed by atoms with Gasteiger partial charge in [0.05, 0.1) is 0 Å². The number of nitrogens with one attached hydrogen (secondary N) is 1. The Hall–Kier alpha value is -1.55. The lowest BCUT2D eigenvalue weighted by Gasteiger charge is -2.20. The van der Waals surface area contributed by atoms with Gasteiger partial charge in [-0.15, -0.1) is 0 Å². The third-order valence-corrected chi connectivity index (χ3v) is 3.48. The van der Waals surface area contributed by atoms with Crippen molar-refractivity contribution in [1.29, 1.82) is 0 Å². The highest BCUT2D eigenvalue weighted by molar-refractivity contribution is 9.10. The fourth-order valence-corrected chi connectivity index (χ4v) is 2.38. The molecule has 0 atom stereocenters. The molecule has 0 aliphatic heterocycles. The number of benzene rings is 2. The van der Waals surface area contributed by atoms with Gasteiger partial charge in [0, 0.05) is 11.0 Å². The van der Waals surface area contributed by atoms with Crippen LogP contribution >= 0.6 is 15.9 Å². The van der Waals surface area contributed by atoms with E-state index in [-0.39, 0.29) is 0 Å². The molecule has 20 heavy (non-hydrogen) atoms. The van der Waals surface area contributed by atoms with E-state index < -0.39 is 11.7 Å². The van der Waals surface area contributed by atoms with E-state index in [1.165, 1.54) is 5.39 Å². The number of hydrogen-bond donors (Lipinski definition) is 1. The molecule has 0 aliphatic rings. The van der Waals surface area contributed by atoms with Gasteiger partial charge in [-0.1, -0.05) is 40.2 Å². The van der Waals surface area contributed by atoms with Gasteiger partial charge in [-0.2, -0.15) is 0 Å². The Balaban J connectivity index is 2.10. The highest BCUT2D eigenvalue weighted by atomic mass is 79.9. The van der Waals surface area contributed by atoms with E-state index in [0.717, 1.165) is 15.4 Å². The van der Waals surface area contributed by atoms with E-state index in [9.17, 15) is 4.79 Å². The van der Waals surface area contributed by atoms with E-state index in [1.807, 2.05) is 32.9 Å². The van der Waals surface area contributed by atoms with Gasteiger partial charge < -0.3 is 10.1 Å². The standard InChI is InChI=1S/C16H18BrNO2/c1-16(2,3)20-15(19)18-10-13-8-11-6-4-5-7-12(11)9-14(13)17/h4-9H,10H2,1-3H3,(H,18,19). The summed E-state index contributed by atoms with van der Waals surface area (Å²) in [6.07, 6.45) is -0.405. The first-order valence-electron chi connectivity index (χ1n) is 6.49. The van der Waals surface area contributed by atoms with Crippen LogP contribution in [0.4, 0.5) is 4.79 Å². The van der Waals surface area contributed by atoms with Crippen LogP contribution in [-0.2, 0) is 11.3 Å². The summed E-state index contributed by atoms with van der Waals surface area (Å²) in [7, 11) is 0. The average molecular weight is 336 g/mol. The Bertz CT molecular complexity index is 632. The van der Waals surface area contributed by atoms with Crippen LogP contribution in [-0.4, -0.2) is 11.7 Å². The largest absolute Gasteiger partial charge is 0.444 e. The molecule has 0 heterocycles. The number of carbonyl (C=O) groups excluding carboxylic acids is 1. The second-order valence-corrected chi connectivity index (χ2v) is 6.50. The Morgan fingerprint density at radius 3 is 2.40 bits per heavy atom. The normalized spacial score (nSPS) is 11.4. The molecule has 1 N–H and O–H groups in total. The summed E-state index contributed by atoms with van der Waals surface area (Å²) in [6, 6.07) is 12.2. The molecule has 0 aromatic heterocycles. The summed E-state index contributed by atoms with van der Waals surface area (Å²) in [6.45, 7) is 5.97.